The Bertz CT molecular complexity index is 796. The molecule has 2 aromatic rings. The molecule has 0 atom stereocenters. The summed E-state index contributed by atoms with van der Waals surface area (Å²) < 4.78 is 48.5. The Hall–Kier alpha value is -2.71. The third-order valence-electron chi connectivity index (χ3n) is 4.50. The fraction of sp³-hybridized carbons (Fsp3) is 0.412. The summed E-state index contributed by atoms with van der Waals surface area (Å²) in [5.74, 6) is -0.302. The number of nitrogen functional groups attached to an aromatic ring is 1. The van der Waals surface area contributed by atoms with Gasteiger partial charge in [-0.3, -0.25) is 4.79 Å². The number of ether oxygens (including phenoxy) is 1. The largest absolute Gasteiger partial charge is 0.496 e. The number of piperidine rings is 1. The van der Waals surface area contributed by atoms with Crippen LogP contribution in [0, 0.1) is 0 Å². The summed E-state index contributed by atoms with van der Waals surface area (Å²) in [6, 6.07) is 4.85. The second kappa shape index (κ2) is 6.89. The number of anilines is 1. The second-order valence-corrected chi connectivity index (χ2v) is 6.13. The van der Waals surface area contributed by atoms with Crippen LogP contribution in [-0.2, 0) is 6.18 Å². The molecule has 0 spiro atoms. The Balaban J connectivity index is 1.70. The third kappa shape index (κ3) is 3.61. The van der Waals surface area contributed by atoms with Crippen molar-refractivity contribution in [3.05, 3.63) is 41.1 Å². The van der Waals surface area contributed by atoms with Crippen molar-refractivity contribution in [2.45, 2.75) is 24.9 Å². The number of methoxy groups -OCH3 is 1. The highest BCUT2D eigenvalue weighted by molar-refractivity contribution is 5.94. The Labute approximate surface area is 147 Å². The molecule has 3 rings (SSSR count). The van der Waals surface area contributed by atoms with E-state index < -0.39 is 11.7 Å². The SMILES string of the molecule is COc1cc(C(=O)N2CCC(c3cc(N)on3)CC2)ccc1C(F)(F)F. The molecule has 6 nitrogen and oxygen atoms in total. The number of aromatic nitrogens is 1. The number of rotatable bonds is 3. The van der Waals surface area contributed by atoms with E-state index in [-0.39, 0.29) is 29.0 Å². The van der Waals surface area contributed by atoms with Gasteiger partial charge in [-0.15, -0.1) is 0 Å². The summed E-state index contributed by atoms with van der Waals surface area (Å²) in [6.45, 7) is 0.944. The van der Waals surface area contributed by atoms with Gasteiger partial charge in [0.15, 0.2) is 0 Å². The van der Waals surface area contributed by atoms with Gasteiger partial charge in [-0.2, -0.15) is 13.2 Å². The van der Waals surface area contributed by atoms with E-state index in [9.17, 15) is 18.0 Å². The van der Waals surface area contributed by atoms with Gasteiger partial charge in [0.05, 0.1) is 18.4 Å². The third-order valence-corrected chi connectivity index (χ3v) is 4.50. The van der Waals surface area contributed by atoms with Crippen LogP contribution in [0.3, 0.4) is 0 Å². The fourth-order valence-electron chi connectivity index (χ4n) is 3.12. The molecule has 1 aromatic carbocycles. The number of halogens is 3. The molecule has 1 amide bonds. The van der Waals surface area contributed by atoms with E-state index in [1.807, 2.05) is 0 Å². The van der Waals surface area contributed by atoms with Crippen LogP contribution in [0.1, 0.15) is 40.4 Å². The van der Waals surface area contributed by atoms with Crippen LogP contribution in [0.25, 0.3) is 0 Å². The van der Waals surface area contributed by atoms with Crippen LogP contribution < -0.4 is 10.5 Å². The van der Waals surface area contributed by atoms with E-state index >= 15 is 0 Å². The molecule has 0 unspecified atom stereocenters. The lowest BCUT2D eigenvalue weighted by molar-refractivity contribution is -0.138. The van der Waals surface area contributed by atoms with Crippen LogP contribution in [0.5, 0.6) is 5.75 Å². The monoisotopic (exact) mass is 369 g/mol. The van der Waals surface area contributed by atoms with Crippen molar-refractivity contribution in [3.8, 4) is 5.75 Å². The molecule has 2 N–H and O–H groups in total. The van der Waals surface area contributed by atoms with Crippen molar-refractivity contribution in [1.29, 1.82) is 0 Å². The number of carbonyl (C=O) groups excluding carboxylic acids is 1. The van der Waals surface area contributed by atoms with E-state index in [0.717, 1.165) is 24.9 Å². The molecule has 9 heteroatoms. The van der Waals surface area contributed by atoms with Crippen molar-refractivity contribution in [2.75, 3.05) is 25.9 Å². The lowest BCUT2D eigenvalue weighted by atomic mass is 9.93. The van der Waals surface area contributed by atoms with E-state index in [1.165, 1.54) is 6.07 Å². The Morgan fingerprint density at radius 1 is 1.31 bits per heavy atom. The number of benzene rings is 1. The van der Waals surface area contributed by atoms with E-state index in [0.29, 0.717) is 25.9 Å². The summed E-state index contributed by atoms with van der Waals surface area (Å²) in [4.78, 5) is 14.2. The Morgan fingerprint density at radius 3 is 2.54 bits per heavy atom. The van der Waals surface area contributed by atoms with Crippen LogP contribution in [0.2, 0.25) is 0 Å². The number of alkyl halides is 3. The molecule has 1 aromatic heterocycles. The standard InChI is InChI=1S/C17H18F3N3O3/c1-25-14-8-11(2-3-12(14)17(18,19)20)16(24)23-6-4-10(5-7-23)13-9-15(21)26-22-13/h2-3,8-10H,4-7,21H2,1H3. The smallest absolute Gasteiger partial charge is 0.419 e. The van der Waals surface area contributed by atoms with Crippen LogP contribution in [-0.4, -0.2) is 36.2 Å². The first kappa shape index (κ1) is 18.1. The molecule has 1 aliphatic rings. The molecular weight excluding hydrogens is 351 g/mol. The van der Waals surface area contributed by atoms with Gasteiger partial charge < -0.3 is 19.9 Å². The number of nitrogens with two attached hydrogens (primary N) is 1. The van der Waals surface area contributed by atoms with E-state index in [4.69, 9.17) is 15.0 Å². The highest BCUT2D eigenvalue weighted by Gasteiger charge is 2.35. The first-order valence-corrected chi connectivity index (χ1v) is 8.06. The maximum atomic E-state index is 12.9. The van der Waals surface area contributed by atoms with Gasteiger partial charge in [-0.25, -0.2) is 0 Å². The average molecular weight is 369 g/mol. The normalized spacial score (nSPS) is 15.9. The minimum absolute atomic E-state index is 0.141. The van der Waals surface area contributed by atoms with Crippen molar-refractivity contribution in [1.82, 2.24) is 10.1 Å². The predicted molar refractivity (Wildman–Crippen MR) is 86.8 cm³/mol. The number of carbonyl (C=O) groups is 1. The predicted octanol–water partition coefficient (Wildman–Crippen LogP) is 3.30. The zero-order valence-electron chi connectivity index (χ0n) is 14.0. The summed E-state index contributed by atoms with van der Waals surface area (Å²) in [5.41, 5.74) is 5.54. The minimum Gasteiger partial charge on any atom is -0.496 e. The molecule has 0 radical (unpaired) electrons. The fourth-order valence-corrected chi connectivity index (χ4v) is 3.12. The zero-order chi connectivity index (χ0) is 18.9. The van der Waals surface area contributed by atoms with Gasteiger partial charge in [0.2, 0.25) is 5.88 Å². The highest BCUT2D eigenvalue weighted by atomic mass is 19.4. The van der Waals surface area contributed by atoms with Crippen molar-refractivity contribution in [3.63, 3.8) is 0 Å². The molecule has 0 aliphatic carbocycles. The van der Waals surface area contributed by atoms with Gasteiger partial charge >= 0.3 is 6.18 Å². The minimum atomic E-state index is -4.54. The quantitative estimate of drug-likeness (QED) is 0.898. The first-order chi connectivity index (χ1) is 12.3. The molecule has 0 bridgehead atoms. The summed E-state index contributed by atoms with van der Waals surface area (Å²) >= 11 is 0. The zero-order valence-corrected chi connectivity index (χ0v) is 14.0. The topological polar surface area (TPSA) is 81.6 Å². The summed E-state index contributed by atoms with van der Waals surface area (Å²) in [7, 11) is 1.15. The Morgan fingerprint density at radius 2 is 2.00 bits per heavy atom. The highest BCUT2D eigenvalue weighted by Crippen LogP contribution is 2.37. The van der Waals surface area contributed by atoms with Crippen LogP contribution in [0.4, 0.5) is 19.1 Å². The molecular formula is C17H18F3N3O3. The van der Waals surface area contributed by atoms with Crippen molar-refractivity contribution < 1.29 is 27.2 Å². The number of amides is 1. The number of nitrogens with zero attached hydrogens (tertiary/aromatic N) is 2. The van der Waals surface area contributed by atoms with Gasteiger partial charge in [0.1, 0.15) is 5.75 Å². The van der Waals surface area contributed by atoms with Gasteiger partial charge in [-0.05, 0) is 31.0 Å². The lowest BCUT2D eigenvalue weighted by Gasteiger charge is -2.31. The second-order valence-electron chi connectivity index (χ2n) is 6.13. The lowest BCUT2D eigenvalue weighted by Crippen LogP contribution is -2.38. The number of likely N-dealkylation sites (tertiary alicyclic amines) is 1. The van der Waals surface area contributed by atoms with E-state index in [2.05, 4.69) is 5.16 Å². The van der Waals surface area contributed by atoms with Gasteiger partial charge in [-0.1, -0.05) is 5.16 Å². The molecule has 0 saturated carbocycles. The molecule has 1 saturated heterocycles. The molecule has 140 valence electrons. The van der Waals surface area contributed by atoms with Crippen LogP contribution in [0.15, 0.2) is 28.8 Å². The average Bonchev–Trinajstić information content (AvgIpc) is 3.06. The maximum absolute atomic E-state index is 12.9. The first-order valence-electron chi connectivity index (χ1n) is 8.06. The molecule has 1 aliphatic heterocycles. The number of hydrogen-bond donors (Lipinski definition) is 1. The molecule has 1 fully saturated rings. The molecule has 26 heavy (non-hydrogen) atoms. The van der Waals surface area contributed by atoms with Crippen molar-refractivity contribution in [2.24, 2.45) is 0 Å². The number of hydrogen-bond acceptors (Lipinski definition) is 5. The summed E-state index contributed by atoms with van der Waals surface area (Å²) in [6.07, 6.45) is -3.18. The van der Waals surface area contributed by atoms with Crippen molar-refractivity contribution >= 4 is 11.8 Å². The van der Waals surface area contributed by atoms with Gasteiger partial charge in [0.25, 0.3) is 5.91 Å². The van der Waals surface area contributed by atoms with Gasteiger partial charge in [0, 0.05) is 30.6 Å². The summed E-state index contributed by atoms with van der Waals surface area (Å²) in [5, 5.41) is 3.90. The maximum Gasteiger partial charge on any atom is 0.419 e. The van der Waals surface area contributed by atoms with E-state index in [1.54, 1.807) is 11.0 Å². The van der Waals surface area contributed by atoms with Crippen LogP contribution >= 0.6 is 0 Å². The Kier molecular flexibility index (Phi) is 4.80. The molecule has 2 heterocycles.